The van der Waals surface area contributed by atoms with Crippen molar-refractivity contribution >= 4 is 5.69 Å². The number of likely N-dealkylation sites (N-methyl/N-ethyl adjacent to an activating group) is 1. The molecule has 2 heterocycles. The number of hydrogen-bond donors (Lipinski definition) is 1. The summed E-state index contributed by atoms with van der Waals surface area (Å²) in [5.74, 6) is 1.02. The minimum absolute atomic E-state index is 0.145. The zero-order valence-electron chi connectivity index (χ0n) is 11.9. The molecule has 4 nitrogen and oxygen atoms in total. The lowest BCUT2D eigenvalue weighted by atomic mass is 9.98. The van der Waals surface area contributed by atoms with Crippen molar-refractivity contribution in [2.45, 2.75) is 26.0 Å². The van der Waals surface area contributed by atoms with Gasteiger partial charge in [0.05, 0.1) is 0 Å². The highest BCUT2D eigenvalue weighted by atomic mass is 16.5. The second-order valence-electron chi connectivity index (χ2n) is 5.69. The summed E-state index contributed by atoms with van der Waals surface area (Å²) < 4.78 is 5.86. The van der Waals surface area contributed by atoms with Crippen LogP contribution >= 0.6 is 0 Å². The van der Waals surface area contributed by atoms with Crippen molar-refractivity contribution < 1.29 is 4.74 Å². The first-order chi connectivity index (χ1) is 9.15. The van der Waals surface area contributed by atoms with E-state index in [1.54, 1.807) is 0 Å². The van der Waals surface area contributed by atoms with E-state index >= 15 is 0 Å². The van der Waals surface area contributed by atoms with E-state index in [0.29, 0.717) is 0 Å². The fourth-order valence-electron chi connectivity index (χ4n) is 2.98. The van der Waals surface area contributed by atoms with Crippen LogP contribution in [0.3, 0.4) is 0 Å². The number of fused-ring (bicyclic) bond motifs is 1. The van der Waals surface area contributed by atoms with Crippen molar-refractivity contribution in [1.29, 1.82) is 0 Å². The van der Waals surface area contributed by atoms with Gasteiger partial charge in [-0.25, -0.2) is 0 Å². The minimum atomic E-state index is -0.145. The van der Waals surface area contributed by atoms with E-state index in [-0.39, 0.29) is 6.23 Å². The second-order valence-corrected chi connectivity index (χ2v) is 5.69. The van der Waals surface area contributed by atoms with Gasteiger partial charge in [0.1, 0.15) is 12.0 Å². The molecule has 1 fully saturated rings. The van der Waals surface area contributed by atoms with Gasteiger partial charge >= 0.3 is 0 Å². The predicted molar refractivity (Wildman–Crippen MR) is 77.8 cm³/mol. The number of ether oxygens (including phenoxy) is 1. The molecule has 104 valence electrons. The maximum atomic E-state index is 5.92. The Kier molecular flexibility index (Phi) is 3.37. The van der Waals surface area contributed by atoms with Crippen LogP contribution in [0.4, 0.5) is 5.69 Å². The monoisotopic (exact) mass is 261 g/mol. The Morgan fingerprint density at radius 3 is 2.68 bits per heavy atom. The molecule has 1 saturated heterocycles. The summed E-state index contributed by atoms with van der Waals surface area (Å²) in [5.41, 5.74) is 9.82. The van der Waals surface area contributed by atoms with E-state index in [9.17, 15) is 0 Å². The maximum Gasteiger partial charge on any atom is 0.148 e. The van der Waals surface area contributed by atoms with Crippen LogP contribution in [0.1, 0.15) is 17.5 Å². The van der Waals surface area contributed by atoms with E-state index in [4.69, 9.17) is 10.5 Å². The molecule has 1 atom stereocenters. The zero-order chi connectivity index (χ0) is 13.4. The van der Waals surface area contributed by atoms with Gasteiger partial charge in [-0.2, -0.15) is 0 Å². The minimum Gasteiger partial charge on any atom is -0.475 e. The van der Waals surface area contributed by atoms with Crippen LogP contribution in [0.5, 0.6) is 5.75 Å². The van der Waals surface area contributed by atoms with E-state index in [1.165, 1.54) is 16.8 Å². The van der Waals surface area contributed by atoms with Crippen LogP contribution in [-0.2, 0) is 6.42 Å². The summed E-state index contributed by atoms with van der Waals surface area (Å²) in [6.07, 6.45) is 1.80. The molecule has 0 bridgehead atoms. The first-order valence-corrected chi connectivity index (χ1v) is 7.13. The van der Waals surface area contributed by atoms with Crippen molar-refractivity contribution in [1.82, 2.24) is 4.90 Å². The molecule has 0 aromatic heterocycles. The molecule has 0 aliphatic carbocycles. The Bertz CT molecular complexity index is 467. The average molecular weight is 261 g/mol. The molecular formula is C15H23N3O. The number of anilines is 1. The van der Waals surface area contributed by atoms with Gasteiger partial charge in [-0.3, -0.25) is 5.73 Å². The summed E-state index contributed by atoms with van der Waals surface area (Å²) in [7, 11) is 2.18. The van der Waals surface area contributed by atoms with Gasteiger partial charge in [0.15, 0.2) is 0 Å². The fourth-order valence-corrected chi connectivity index (χ4v) is 2.98. The molecule has 3 rings (SSSR count). The zero-order valence-corrected chi connectivity index (χ0v) is 11.9. The van der Waals surface area contributed by atoms with Gasteiger partial charge in [-0.15, -0.1) is 0 Å². The van der Waals surface area contributed by atoms with E-state index in [1.807, 2.05) is 0 Å². The molecule has 0 saturated carbocycles. The lowest BCUT2D eigenvalue weighted by Gasteiger charge is -2.37. The summed E-state index contributed by atoms with van der Waals surface area (Å²) in [6, 6.07) is 4.41. The van der Waals surface area contributed by atoms with Crippen LogP contribution in [0, 0.1) is 6.92 Å². The molecule has 0 spiro atoms. The van der Waals surface area contributed by atoms with Crippen LogP contribution in [0.2, 0.25) is 0 Å². The van der Waals surface area contributed by atoms with Gasteiger partial charge in [-0.05, 0) is 32.0 Å². The smallest absolute Gasteiger partial charge is 0.148 e. The number of nitrogens with zero attached hydrogens (tertiary/aromatic N) is 2. The molecule has 19 heavy (non-hydrogen) atoms. The third kappa shape index (κ3) is 2.42. The van der Waals surface area contributed by atoms with Crippen molar-refractivity contribution in [3.05, 3.63) is 23.3 Å². The van der Waals surface area contributed by atoms with Gasteiger partial charge in [0.25, 0.3) is 0 Å². The Balaban J connectivity index is 1.92. The first-order valence-electron chi connectivity index (χ1n) is 7.13. The number of hydrogen-bond acceptors (Lipinski definition) is 4. The number of rotatable bonds is 1. The van der Waals surface area contributed by atoms with Crippen LogP contribution in [-0.4, -0.2) is 44.4 Å². The summed E-state index contributed by atoms with van der Waals surface area (Å²) in [5, 5.41) is 0. The third-order valence-corrected chi connectivity index (χ3v) is 4.22. The predicted octanol–water partition coefficient (Wildman–Crippen LogP) is 1.36. The maximum absolute atomic E-state index is 5.92. The second kappa shape index (κ2) is 5.02. The number of piperazine rings is 1. The molecule has 2 aliphatic heterocycles. The van der Waals surface area contributed by atoms with E-state index in [0.717, 1.165) is 44.8 Å². The van der Waals surface area contributed by atoms with Crippen LogP contribution in [0.15, 0.2) is 12.1 Å². The SMILES string of the molecule is Cc1ccc(N2CCN(C)CC2)c2c1OC(N)CC2. The van der Waals surface area contributed by atoms with Gasteiger partial charge in [0.2, 0.25) is 0 Å². The van der Waals surface area contributed by atoms with Crippen LogP contribution < -0.4 is 15.4 Å². The standard InChI is InChI=1S/C15H23N3O/c1-11-3-5-13(18-9-7-17(2)8-10-18)12-4-6-14(16)19-15(11)12/h3,5,14H,4,6-10,16H2,1-2H3. The van der Waals surface area contributed by atoms with E-state index < -0.39 is 0 Å². The summed E-state index contributed by atoms with van der Waals surface area (Å²) in [4.78, 5) is 4.86. The molecule has 2 aliphatic rings. The Labute approximate surface area is 115 Å². The normalized spacial score (nSPS) is 23.9. The van der Waals surface area contributed by atoms with Gasteiger partial charge in [0, 0.05) is 43.9 Å². The average Bonchev–Trinajstić information content (AvgIpc) is 2.41. The van der Waals surface area contributed by atoms with Crippen molar-refractivity contribution in [3.8, 4) is 5.75 Å². The van der Waals surface area contributed by atoms with Crippen LogP contribution in [0.25, 0.3) is 0 Å². The molecule has 0 radical (unpaired) electrons. The largest absolute Gasteiger partial charge is 0.475 e. The fraction of sp³-hybridized carbons (Fsp3) is 0.600. The molecule has 1 aromatic rings. The summed E-state index contributed by atoms with van der Waals surface area (Å²) in [6.45, 7) is 6.55. The topological polar surface area (TPSA) is 41.7 Å². The highest BCUT2D eigenvalue weighted by Crippen LogP contribution is 2.37. The first kappa shape index (κ1) is 12.8. The molecule has 2 N–H and O–H groups in total. The molecular weight excluding hydrogens is 238 g/mol. The Morgan fingerprint density at radius 1 is 1.21 bits per heavy atom. The lowest BCUT2D eigenvalue weighted by molar-refractivity contribution is 0.179. The Morgan fingerprint density at radius 2 is 1.95 bits per heavy atom. The van der Waals surface area contributed by atoms with Gasteiger partial charge < -0.3 is 14.5 Å². The van der Waals surface area contributed by atoms with Gasteiger partial charge in [-0.1, -0.05) is 6.07 Å². The quantitative estimate of drug-likeness (QED) is 0.829. The van der Waals surface area contributed by atoms with Crippen molar-refractivity contribution in [2.75, 3.05) is 38.1 Å². The Hall–Kier alpha value is -1.26. The molecule has 1 aromatic carbocycles. The highest BCUT2D eigenvalue weighted by Gasteiger charge is 2.24. The van der Waals surface area contributed by atoms with Crippen molar-refractivity contribution in [3.63, 3.8) is 0 Å². The number of benzene rings is 1. The molecule has 4 heteroatoms. The third-order valence-electron chi connectivity index (χ3n) is 4.22. The number of aryl methyl sites for hydroxylation is 1. The highest BCUT2D eigenvalue weighted by molar-refractivity contribution is 5.63. The molecule has 1 unspecified atom stereocenters. The van der Waals surface area contributed by atoms with E-state index in [2.05, 4.69) is 35.9 Å². The number of nitrogens with two attached hydrogens (primary N) is 1. The summed E-state index contributed by atoms with van der Waals surface area (Å²) >= 11 is 0. The molecule has 0 amide bonds. The van der Waals surface area contributed by atoms with Crippen molar-refractivity contribution in [2.24, 2.45) is 5.73 Å². The lowest BCUT2D eigenvalue weighted by Crippen LogP contribution is -2.45.